The Balaban J connectivity index is 1.35. The molecular formula is C39H31BN4. The van der Waals surface area contributed by atoms with Crippen molar-refractivity contribution in [3.05, 3.63) is 164 Å². The van der Waals surface area contributed by atoms with Crippen molar-refractivity contribution in [1.29, 1.82) is 0 Å². The zero-order valence-electron chi connectivity index (χ0n) is 24.8. The summed E-state index contributed by atoms with van der Waals surface area (Å²) >= 11 is 0. The smallest absolute Gasteiger partial charge is 0.251 e. The van der Waals surface area contributed by atoms with E-state index in [4.69, 9.17) is 0 Å². The van der Waals surface area contributed by atoms with E-state index in [1.54, 1.807) is 0 Å². The Labute approximate surface area is 258 Å². The summed E-state index contributed by atoms with van der Waals surface area (Å²) in [4.78, 5) is 2.48. The summed E-state index contributed by atoms with van der Waals surface area (Å²) in [7, 11) is 0. The van der Waals surface area contributed by atoms with Crippen LogP contribution in [-0.4, -0.2) is 20.4 Å². The van der Waals surface area contributed by atoms with Gasteiger partial charge in [-0.15, -0.1) is 0 Å². The van der Waals surface area contributed by atoms with E-state index >= 15 is 0 Å². The lowest BCUT2D eigenvalue weighted by Crippen LogP contribution is -2.63. The largest absolute Gasteiger partial charge is 0.322 e. The maximum atomic E-state index is 2.48. The molecular weight excluding hydrogens is 535 g/mol. The molecule has 2 aliphatic heterocycles. The van der Waals surface area contributed by atoms with Crippen LogP contribution in [0.5, 0.6) is 0 Å². The number of nitrogens with zero attached hydrogens (tertiary/aromatic N) is 4. The summed E-state index contributed by atoms with van der Waals surface area (Å²) in [6, 6.07) is 43.4. The fourth-order valence-electron chi connectivity index (χ4n) is 7.63. The van der Waals surface area contributed by atoms with E-state index in [-0.39, 0.29) is 12.1 Å². The Bertz CT molecular complexity index is 2150. The molecule has 0 amide bonds. The Morgan fingerprint density at radius 2 is 1.11 bits per heavy atom. The first-order valence-electron chi connectivity index (χ1n) is 15.3. The van der Waals surface area contributed by atoms with Crippen molar-refractivity contribution < 1.29 is 0 Å². The van der Waals surface area contributed by atoms with Crippen LogP contribution in [0.1, 0.15) is 25.1 Å². The number of benzene rings is 4. The molecule has 44 heavy (non-hydrogen) atoms. The van der Waals surface area contributed by atoms with E-state index < -0.39 is 0 Å². The fourth-order valence-corrected chi connectivity index (χ4v) is 7.63. The van der Waals surface area contributed by atoms with Gasteiger partial charge in [0.25, 0.3) is 6.71 Å². The summed E-state index contributed by atoms with van der Waals surface area (Å²) in [6.45, 7) is 4.90. The molecule has 0 atom stereocenters. The Morgan fingerprint density at radius 1 is 0.500 bits per heavy atom. The zero-order chi connectivity index (χ0) is 29.4. The highest BCUT2D eigenvalue weighted by Crippen LogP contribution is 2.44. The molecule has 9 rings (SSSR count). The third-order valence-electron chi connectivity index (χ3n) is 9.56. The molecule has 0 spiro atoms. The standard InChI is InChI=1S/C39H31BN4/c1-39(2)32-20-12-13-21-33(32)40-34-25-42(29-16-8-4-9-17-29)26-35(34)44(31-22-23-41(24-31)28-14-6-3-7-15-28)36-27-43(38(39)37(36)40)30-18-10-5-11-19-30/h3-27H,1-2H3. The fraction of sp³-hybridized carbons (Fsp3) is 0.0769. The topological polar surface area (TPSA) is 18.0 Å². The minimum Gasteiger partial charge on any atom is -0.322 e. The van der Waals surface area contributed by atoms with Gasteiger partial charge in [0.1, 0.15) is 0 Å². The first-order chi connectivity index (χ1) is 21.6. The van der Waals surface area contributed by atoms with E-state index in [0.717, 1.165) is 17.1 Å². The summed E-state index contributed by atoms with van der Waals surface area (Å²) in [5, 5.41) is 0. The molecule has 0 unspecified atom stereocenters. The molecule has 7 aromatic rings. The molecule has 210 valence electrons. The number of hydrogen-bond donors (Lipinski definition) is 0. The molecule has 3 aromatic heterocycles. The molecule has 0 bridgehead atoms. The van der Waals surface area contributed by atoms with Gasteiger partial charge in [-0.2, -0.15) is 0 Å². The van der Waals surface area contributed by atoms with Crippen LogP contribution in [0.25, 0.3) is 17.1 Å². The van der Waals surface area contributed by atoms with Gasteiger partial charge < -0.3 is 18.6 Å². The summed E-state index contributed by atoms with van der Waals surface area (Å²) < 4.78 is 6.96. The molecule has 5 heterocycles. The molecule has 2 aliphatic rings. The van der Waals surface area contributed by atoms with Crippen molar-refractivity contribution >= 4 is 40.2 Å². The van der Waals surface area contributed by atoms with E-state index in [1.165, 1.54) is 44.7 Å². The van der Waals surface area contributed by atoms with Gasteiger partial charge in [-0.3, -0.25) is 0 Å². The van der Waals surface area contributed by atoms with E-state index in [1.807, 2.05) is 0 Å². The molecule has 4 nitrogen and oxygen atoms in total. The number of rotatable bonds is 4. The number of hydrogen-bond acceptors (Lipinski definition) is 1. The van der Waals surface area contributed by atoms with Crippen LogP contribution < -0.4 is 21.3 Å². The minimum absolute atomic E-state index is 0.126. The second-order valence-electron chi connectivity index (χ2n) is 12.4. The molecule has 5 heteroatoms. The number of para-hydroxylation sites is 3. The van der Waals surface area contributed by atoms with Gasteiger partial charge in [0.05, 0.1) is 17.1 Å². The van der Waals surface area contributed by atoms with Gasteiger partial charge in [-0.25, -0.2) is 0 Å². The highest BCUT2D eigenvalue weighted by atomic mass is 15.2. The zero-order valence-corrected chi connectivity index (χ0v) is 24.8. The predicted molar refractivity (Wildman–Crippen MR) is 182 cm³/mol. The van der Waals surface area contributed by atoms with Gasteiger partial charge in [-0.1, -0.05) is 98.2 Å². The summed E-state index contributed by atoms with van der Waals surface area (Å²) in [6.07, 6.45) is 11.5. The third-order valence-corrected chi connectivity index (χ3v) is 9.56. The number of fused-ring (bicyclic) bond motifs is 4. The molecule has 0 aliphatic carbocycles. The average molecular weight is 567 g/mol. The SMILES string of the molecule is CC1(C)c2ccccc2B2c3cn(-c4ccccc4)cc3N(c3ccn(-c4ccccc4)c3)c3cn(-c4ccccc4)c1c32. The number of anilines is 3. The van der Waals surface area contributed by atoms with Gasteiger partial charge in [0, 0.05) is 59.2 Å². The van der Waals surface area contributed by atoms with Crippen LogP contribution in [0.15, 0.2) is 152 Å². The minimum atomic E-state index is -0.197. The lowest BCUT2D eigenvalue weighted by Gasteiger charge is -2.41. The van der Waals surface area contributed by atoms with Crippen LogP contribution in [0.2, 0.25) is 0 Å². The second kappa shape index (κ2) is 9.29. The van der Waals surface area contributed by atoms with Crippen molar-refractivity contribution in [3.8, 4) is 17.1 Å². The average Bonchev–Trinajstić information content (AvgIpc) is 3.83. The van der Waals surface area contributed by atoms with Crippen LogP contribution in [0, 0.1) is 0 Å². The van der Waals surface area contributed by atoms with E-state index in [0.29, 0.717) is 0 Å². The Morgan fingerprint density at radius 3 is 1.82 bits per heavy atom. The quantitative estimate of drug-likeness (QED) is 0.210. The van der Waals surface area contributed by atoms with E-state index in [2.05, 4.69) is 185 Å². The van der Waals surface area contributed by atoms with Crippen LogP contribution >= 0.6 is 0 Å². The highest BCUT2D eigenvalue weighted by Gasteiger charge is 2.49. The monoisotopic (exact) mass is 566 g/mol. The van der Waals surface area contributed by atoms with E-state index in [9.17, 15) is 0 Å². The van der Waals surface area contributed by atoms with Crippen molar-refractivity contribution in [2.45, 2.75) is 19.3 Å². The Hall–Kier alpha value is -5.42. The van der Waals surface area contributed by atoms with Crippen molar-refractivity contribution in [1.82, 2.24) is 13.7 Å². The van der Waals surface area contributed by atoms with Crippen LogP contribution in [-0.2, 0) is 5.41 Å². The van der Waals surface area contributed by atoms with Crippen molar-refractivity contribution in [3.63, 3.8) is 0 Å². The summed E-state index contributed by atoms with van der Waals surface area (Å²) in [5.41, 5.74) is 13.7. The molecule has 0 fully saturated rings. The van der Waals surface area contributed by atoms with Gasteiger partial charge in [0.15, 0.2) is 0 Å². The molecule has 4 aromatic carbocycles. The van der Waals surface area contributed by atoms with Gasteiger partial charge >= 0.3 is 0 Å². The third kappa shape index (κ3) is 3.53. The lowest BCUT2D eigenvalue weighted by molar-refractivity contribution is 0.607. The van der Waals surface area contributed by atoms with Crippen LogP contribution in [0.4, 0.5) is 17.1 Å². The van der Waals surface area contributed by atoms with Gasteiger partial charge in [0.2, 0.25) is 0 Å². The first kappa shape index (κ1) is 25.1. The molecule has 0 N–H and O–H groups in total. The highest BCUT2D eigenvalue weighted by molar-refractivity contribution is 6.99. The maximum absolute atomic E-state index is 2.48. The number of aromatic nitrogens is 3. The summed E-state index contributed by atoms with van der Waals surface area (Å²) in [5.74, 6) is 0. The van der Waals surface area contributed by atoms with Gasteiger partial charge in [-0.05, 0) is 59.0 Å². The first-order valence-corrected chi connectivity index (χ1v) is 15.3. The van der Waals surface area contributed by atoms with Crippen LogP contribution in [0.3, 0.4) is 0 Å². The predicted octanol–water partition coefficient (Wildman–Crippen LogP) is 7.00. The van der Waals surface area contributed by atoms with Crippen molar-refractivity contribution in [2.24, 2.45) is 0 Å². The molecule has 0 radical (unpaired) electrons. The Kier molecular flexibility index (Phi) is 5.30. The maximum Gasteiger partial charge on any atom is 0.251 e. The van der Waals surface area contributed by atoms with Crippen molar-refractivity contribution in [2.75, 3.05) is 4.90 Å². The molecule has 0 saturated heterocycles. The second-order valence-corrected chi connectivity index (χ2v) is 12.4. The molecule has 0 saturated carbocycles. The normalized spacial score (nSPS) is 14.2. The lowest BCUT2D eigenvalue weighted by atomic mass is 9.31.